The summed E-state index contributed by atoms with van der Waals surface area (Å²) in [5.41, 5.74) is 6.44. The molecule has 0 bridgehead atoms. The molecule has 0 amide bonds. The van der Waals surface area contributed by atoms with E-state index in [1.165, 1.54) is 12.8 Å². The molecule has 0 radical (unpaired) electrons. The highest BCUT2D eigenvalue weighted by molar-refractivity contribution is 14.1. The Bertz CT molecular complexity index is 312. The third-order valence-corrected chi connectivity index (χ3v) is 2.85. The molecule has 2 rings (SSSR count). The average Bonchev–Trinajstić information content (AvgIpc) is 2.89. The summed E-state index contributed by atoms with van der Waals surface area (Å²) in [5.74, 6) is 0.865. The molecule has 1 saturated carbocycles. The molecule has 3 nitrogen and oxygen atoms in total. The highest BCUT2D eigenvalue weighted by Gasteiger charge is 2.23. The summed E-state index contributed by atoms with van der Waals surface area (Å²) in [6.07, 6.45) is 4.54. The van der Waals surface area contributed by atoms with Crippen LogP contribution in [0, 0.1) is 3.57 Å². The quantitative estimate of drug-likeness (QED) is 0.862. The van der Waals surface area contributed by atoms with Gasteiger partial charge in [-0.05, 0) is 41.5 Å². The van der Waals surface area contributed by atoms with Crippen molar-refractivity contribution < 1.29 is 4.74 Å². The topological polar surface area (TPSA) is 48.1 Å². The van der Waals surface area contributed by atoms with Gasteiger partial charge < -0.3 is 10.5 Å². The molecule has 2 N–H and O–H groups in total. The largest absolute Gasteiger partial charge is 0.489 e. The minimum absolute atomic E-state index is 0.432. The molecule has 1 aliphatic rings. The predicted molar refractivity (Wildman–Crippen MR) is 58.5 cm³/mol. The van der Waals surface area contributed by atoms with Crippen LogP contribution in [0.15, 0.2) is 12.3 Å². The number of hydrogen-bond donors (Lipinski definition) is 1. The summed E-state index contributed by atoms with van der Waals surface area (Å²) >= 11 is 2.23. The van der Waals surface area contributed by atoms with E-state index in [2.05, 4.69) is 27.6 Å². The average molecular weight is 290 g/mol. The molecule has 1 fully saturated rings. The number of pyridine rings is 1. The van der Waals surface area contributed by atoms with Crippen molar-refractivity contribution in [2.75, 3.05) is 0 Å². The van der Waals surface area contributed by atoms with Crippen molar-refractivity contribution in [3.8, 4) is 5.75 Å². The molecule has 4 heteroatoms. The van der Waals surface area contributed by atoms with Gasteiger partial charge >= 0.3 is 0 Å². The lowest BCUT2D eigenvalue weighted by molar-refractivity contribution is 0.301. The van der Waals surface area contributed by atoms with Gasteiger partial charge in [0.2, 0.25) is 0 Å². The normalized spacial score (nSPS) is 15.8. The van der Waals surface area contributed by atoms with Gasteiger partial charge in [0.05, 0.1) is 18.0 Å². The molecule has 13 heavy (non-hydrogen) atoms. The number of halogens is 1. The molecule has 1 aliphatic carbocycles. The van der Waals surface area contributed by atoms with Crippen LogP contribution in [0.1, 0.15) is 18.5 Å². The van der Waals surface area contributed by atoms with E-state index < -0.39 is 0 Å². The first-order valence-electron chi connectivity index (χ1n) is 4.30. The van der Waals surface area contributed by atoms with Gasteiger partial charge in [-0.3, -0.25) is 4.98 Å². The Labute approximate surface area is 90.8 Å². The van der Waals surface area contributed by atoms with E-state index >= 15 is 0 Å². The van der Waals surface area contributed by atoms with Gasteiger partial charge in [-0.1, -0.05) is 0 Å². The summed E-state index contributed by atoms with van der Waals surface area (Å²) in [5, 5.41) is 0. The van der Waals surface area contributed by atoms with Crippen LogP contribution in [-0.2, 0) is 6.54 Å². The molecule has 0 aliphatic heterocycles. The SMILES string of the molecule is NCc1ncc(OC2CC2)cc1I. The molecule has 0 unspecified atom stereocenters. The smallest absolute Gasteiger partial charge is 0.139 e. The molecule has 0 saturated heterocycles. The summed E-state index contributed by atoms with van der Waals surface area (Å²) in [4.78, 5) is 4.22. The highest BCUT2D eigenvalue weighted by atomic mass is 127. The zero-order chi connectivity index (χ0) is 9.26. The third-order valence-electron chi connectivity index (χ3n) is 1.91. The van der Waals surface area contributed by atoms with E-state index in [4.69, 9.17) is 10.5 Å². The van der Waals surface area contributed by atoms with E-state index in [-0.39, 0.29) is 0 Å². The Kier molecular flexibility index (Phi) is 2.69. The third kappa shape index (κ3) is 2.31. The maximum atomic E-state index is 5.60. The van der Waals surface area contributed by atoms with Gasteiger partial charge in [-0.15, -0.1) is 0 Å². The summed E-state index contributed by atoms with van der Waals surface area (Å²) < 4.78 is 6.68. The lowest BCUT2D eigenvalue weighted by atomic mass is 10.3. The Morgan fingerprint density at radius 3 is 2.92 bits per heavy atom. The molecule has 0 spiro atoms. The van der Waals surface area contributed by atoms with Crippen molar-refractivity contribution in [3.63, 3.8) is 0 Å². The molecule has 0 aromatic carbocycles. The first-order valence-corrected chi connectivity index (χ1v) is 5.38. The van der Waals surface area contributed by atoms with Crippen LogP contribution in [0.2, 0.25) is 0 Å². The second kappa shape index (κ2) is 3.79. The van der Waals surface area contributed by atoms with Crippen LogP contribution >= 0.6 is 22.6 Å². The van der Waals surface area contributed by atoms with Crippen molar-refractivity contribution in [2.24, 2.45) is 5.73 Å². The van der Waals surface area contributed by atoms with Gasteiger partial charge in [0, 0.05) is 10.1 Å². The molecule has 1 aromatic heterocycles. The maximum absolute atomic E-state index is 5.60. The molecular weight excluding hydrogens is 279 g/mol. The Morgan fingerprint density at radius 1 is 1.62 bits per heavy atom. The summed E-state index contributed by atoms with van der Waals surface area (Å²) in [7, 11) is 0. The fourth-order valence-electron chi connectivity index (χ4n) is 1.04. The zero-order valence-corrected chi connectivity index (χ0v) is 9.32. The van der Waals surface area contributed by atoms with Gasteiger partial charge in [-0.25, -0.2) is 0 Å². The first-order chi connectivity index (χ1) is 6.29. The zero-order valence-electron chi connectivity index (χ0n) is 7.16. The highest BCUT2D eigenvalue weighted by Crippen LogP contribution is 2.27. The first kappa shape index (κ1) is 9.21. The van der Waals surface area contributed by atoms with Crippen LogP contribution in [0.3, 0.4) is 0 Å². The van der Waals surface area contributed by atoms with Crippen LogP contribution in [0.5, 0.6) is 5.75 Å². The van der Waals surface area contributed by atoms with Crippen molar-refractivity contribution in [1.82, 2.24) is 4.98 Å². The van der Waals surface area contributed by atoms with E-state index in [0.717, 1.165) is 15.0 Å². The minimum Gasteiger partial charge on any atom is -0.489 e. The maximum Gasteiger partial charge on any atom is 0.139 e. The standard InChI is InChI=1S/C9H11IN2O/c10-8-3-7(13-6-1-2-6)5-12-9(8)4-11/h3,5-6H,1-2,4,11H2. The number of hydrogen-bond acceptors (Lipinski definition) is 3. The summed E-state index contributed by atoms with van der Waals surface area (Å²) in [6.45, 7) is 0.488. The molecule has 1 aromatic rings. The van der Waals surface area contributed by atoms with Crippen molar-refractivity contribution in [1.29, 1.82) is 0 Å². The van der Waals surface area contributed by atoms with Crippen LogP contribution in [0.4, 0.5) is 0 Å². The van der Waals surface area contributed by atoms with Crippen LogP contribution < -0.4 is 10.5 Å². The van der Waals surface area contributed by atoms with Crippen molar-refractivity contribution >= 4 is 22.6 Å². The molecule has 70 valence electrons. The van der Waals surface area contributed by atoms with Gasteiger partial charge in [0.25, 0.3) is 0 Å². The number of rotatable bonds is 3. The second-order valence-corrected chi connectivity index (χ2v) is 4.28. The molecule has 0 atom stereocenters. The number of aromatic nitrogens is 1. The van der Waals surface area contributed by atoms with Gasteiger partial charge in [-0.2, -0.15) is 0 Å². The number of nitrogens with two attached hydrogens (primary N) is 1. The number of ether oxygens (including phenoxy) is 1. The Balaban J connectivity index is 2.13. The fourth-order valence-corrected chi connectivity index (χ4v) is 1.71. The lowest BCUT2D eigenvalue weighted by Crippen LogP contribution is -2.04. The van der Waals surface area contributed by atoms with Gasteiger partial charge in [0.15, 0.2) is 0 Å². The molecular formula is C9H11IN2O. The van der Waals surface area contributed by atoms with Crippen LogP contribution in [-0.4, -0.2) is 11.1 Å². The van der Waals surface area contributed by atoms with Crippen molar-refractivity contribution in [2.45, 2.75) is 25.5 Å². The lowest BCUT2D eigenvalue weighted by Gasteiger charge is -2.05. The monoisotopic (exact) mass is 290 g/mol. The Hall–Kier alpha value is -0.360. The van der Waals surface area contributed by atoms with Gasteiger partial charge in [0.1, 0.15) is 5.75 Å². The molecule has 1 heterocycles. The number of nitrogens with zero attached hydrogens (tertiary/aromatic N) is 1. The Morgan fingerprint density at radius 2 is 2.38 bits per heavy atom. The van der Waals surface area contributed by atoms with Crippen LogP contribution in [0.25, 0.3) is 0 Å². The second-order valence-electron chi connectivity index (χ2n) is 3.12. The van der Waals surface area contributed by atoms with E-state index in [0.29, 0.717) is 12.6 Å². The fraction of sp³-hybridized carbons (Fsp3) is 0.444. The van der Waals surface area contributed by atoms with E-state index in [1.54, 1.807) is 6.20 Å². The van der Waals surface area contributed by atoms with E-state index in [9.17, 15) is 0 Å². The predicted octanol–water partition coefficient (Wildman–Crippen LogP) is 1.69. The van der Waals surface area contributed by atoms with Crippen molar-refractivity contribution in [3.05, 3.63) is 21.5 Å². The minimum atomic E-state index is 0.432. The summed E-state index contributed by atoms with van der Waals surface area (Å²) in [6, 6.07) is 1.99. The van der Waals surface area contributed by atoms with E-state index in [1.807, 2.05) is 6.07 Å².